The van der Waals surface area contributed by atoms with Crippen molar-refractivity contribution in [2.45, 2.75) is 46.3 Å². The van der Waals surface area contributed by atoms with Crippen molar-refractivity contribution in [1.29, 1.82) is 0 Å². The maximum absolute atomic E-state index is 5.68. The molecular formula is C13H22N2O2. The molecule has 1 N–H and O–H groups in total. The Labute approximate surface area is 103 Å². The van der Waals surface area contributed by atoms with Crippen LogP contribution in [0, 0.1) is 19.8 Å². The summed E-state index contributed by atoms with van der Waals surface area (Å²) in [5.41, 5.74) is 2.18. The Kier molecular flexibility index (Phi) is 4.18. The molecule has 4 heteroatoms. The van der Waals surface area contributed by atoms with Crippen LogP contribution in [0.4, 0.5) is 0 Å². The first kappa shape index (κ1) is 12.6. The van der Waals surface area contributed by atoms with E-state index < -0.39 is 0 Å². The van der Waals surface area contributed by atoms with E-state index in [1.165, 1.54) is 12.0 Å². The van der Waals surface area contributed by atoms with Crippen LogP contribution < -0.4 is 5.32 Å². The fourth-order valence-corrected chi connectivity index (χ4v) is 2.51. The second-order valence-corrected chi connectivity index (χ2v) is 4.80. The van der Waals surface area contributed by atoms with Crippen LogP contribution >= 0.6 is 0 Å². The van der Waals surface area contributed by atoms with Crippen molar-refractivity contribution < 1.29 is 9.26 Å². The van der Waals surface area contributed by atoms with Gasteiger partial charge in [-0.25, -0.2) is 0 Å². The summed E-state index contributed by atoms with van der Waals surface area (Å²) >= 11 is 0. The molecule has 1 aliphatic heterocycles. The summed E-state index contributed by atoms with van der Waals surface area (Å²) in [7, 11) is 0. The van der Waals surface area contributed by atoms with Gasteiger partial charge >= 0.3 is 0 Å². The number of ether oxygens (including phenoxy) is 1. The Morgan fingerprint density at radius 1 is 1.41 bits per heavy atom. The van der Waals surface area contributed by atoms with Crippen LogP contribution in [-0.4, -0.2) is 24.4 Å². The summed E-state index contributed by atoms with van der Waals surface area (Å²) in [6, 6.07) is 0. The first-order chi connectivity index (χ1) is 8.22. The van der Waals surface area contributed by atoms with Crippen molar-refractivity contribution in [1.82, 2.24) is 10.5 Å². The normalized spacial score (nSPS) is 24.4. The lowest BCUT2D eigenvalue weighted by Crippen LogP contribution is -2.28. The number of nitrogens with zero attached hydrogens (tertiary/aromatic N) is 1. The number of hydrogen-bond acceptors (Lipinski definition) is 4. The molecule has 96 valence electrons. The summed E-state index contributed by atoms with van der Waals surface area (Å²) in [5.74, 6) is 1.57. The number of nitrogens with one attached hydrogen (secondary N) is 1. The third-order valence-electron chi connectivity index (χ3n) is 3.64. The van der Waals surface area contributed by atoms with Crippen LogP contribution in [0.3, 0.4) is 0 Å². The predicted molar refractivity (Wildman–Crippen MR) is 65.8 cm³/mol. The molecule has 1 fully saturated rings. The molecule has 17 heavy (non-hydrogen) atoms. The van der Waals surface area contributed by atoms with Crippen LogP contribution in [0.1, 0.15) is 36.8 Å². The van der Waals surface area contributed by atoms with Gasteiger partial charge in [0.1, 0.15) is 5.76 Å². The van der Waals surface area contributed by atoms with E-state index in [0.29, 0.717) is 12.0 Å². The Hall–Kier alpha value is -0.870. The molecule has 4 nitrogen and oxygen atoms in total. The molecule has 1 aromatic rings. The van der Waals surface area contributed by atoms with Crippen LogP contribution in [0.25, 0.3) is 0 Å². The largest absolute Gasteiger partial charge is 0.378 e. The van der Waals surface area contributed by atoms with Crippen LogP contribution in [0.15, 0.2) is 4.52 Å². The van der Waals surface area contributed by atoms with Gasteiger partial charge in [-0.2, -0.15) is 0 Å². The Morgan fingerprint density at radius 3 is 2.88 bits per heavy atom. The highest BCUT2D eigenvalue weighted by atomic mass is 16.5. The van der Waals surface area contributed by atoms with Gasteiger partial charge in [-0.15, -0.1) is 0 Å². The van der Waals surface area contributed by atoms with Gasteiger partial charge in [-0.1, -0.05) is 12.1 Å². The molecule has 0 aliphatic carbocycles. The van der Waals surface area contributed by atoms with Crippen molar-refractivity contribution in [3.8, 4) is 0 Å². The highest BCUT2D eigenvalue weighted by molar-refractivity contribution is 5.20. The Bertz CT molecular complexity index is 343. The average Bonchev–Trinajstić information content (AvgIpc) is 2.89. The SMILES string of the molecule is CCC1OCCC1CNCc1c(C)noc1C. The van der Waals surface area contributed by atoms with Crippen molar-refractivity contribution in [3.63, 3.8) is 0 Å². The highest BCUT2D eigenvalue weighted by Gasteiger charge is 2.26. The maximum Gasteiger partial charge on any atom is 0.138 e. The van der Waals surface area contributed by atoms with E-state index in [1.807, 2.05) is 13.8 Å². The summed E-state index contributed by atoms with van der Waals surface area (Å²) in [6.07, 6.45) is 2.72. The zero-order valence-corrected chi connectivity index (χ0v) is 11.0. The van der Waals surface area contributed by atoms with Gasteiger partial charge in [0.2, 0.25) is 0 Å². The van der Waals surface area contributed by atoms with Crippen LogP contribution in [-0.2, 0) is 11.3 Å². The van der Waals surface area contributed by atoms with Gasteiger partial charge < -0.3 is 14.6 Å². The molecule has 0 spiro atoms. The van der Waals surface area contributed by atoms with Gasteiger partial charge in [0.15, 0.2) is 0 Å². The number of rotatable bonds is 5. The van der Waals surface area contributed by atoms with Gasteiger partial charge in [0.25, 0.3) is 0 Å². The number of hydrogen-bond donors (Lipinski definition) is 1. The molecule has 0 radical (unpaired) electrons. The lowest BCUT2D eigenvalue weighted by atomic mass is 9.99. The molecule has 2 heterocycles. The molecule has 0 saturated carbocycles. The van der Waals surface area contributed by atoms with E-state index in [0.717, 1.165) is 37.6 Å². The summed E-state index contributed by atoms with van der Waals surface area (Å²) in [6.45, 7) is 8.91. The van der Waals surface area contributed by atoms with E-state index in [2.05, 4.69) is 17.4 Å². The standard InChI is InChI=1S/C13H22N2O2/c1-4-13-11(5-6-16-13)7-14-8-12-9(2)15-17-10(12)3/h11,13-14H,4-8H2,1-3H3. The van der Waals surface area contributed by atoms with Gasteiger partial charge in [-0.3, -0.25) is 0 Å². The zero-order valence-electron chi connectivity index (χ0n) is 11.0. The molecule has 1 saturated heterocycles. The van der Waals surface area contributed by atoms with Crippen molar-refractivity contribution >= 4 is 0 Å². The molecule has 0 aromatic carbocycles. The number of aromatic nitrogens is 1. The summed E-state index contributed by atoms with van der Waals surface area (Å²) < 4.78 is 10.8. The summed E-state index contributed by atoms with van der Waals surface area (Å²) in [5, 5.41) is 7.45. The molecule has 1 aromatic heterocycles. The van der Waals surface area contributed by atoms with Gasteiger partial charge in [0.05, 0.1) is 11.8 Å². The van der Waals surface area contributed by atoms with Crippen molar-refractivity contribution in [2.75, 3.05) is 13.2 Å². The second-order valence-electron chi connectivity index (χ2n) is 4.80. The molecule has 2 rings (SSSR count). The molecule has 0 amide bonds. The zero-order chi connectivity index (χ0) is 12.3. The van der Waals surface area contributed by atoms with Gasteiger partial charge in [0, 0.05) is 25.3 Å². The van der Waals surface area contributed by atoms with E-state index in [1.54, 1.807) is 0 Å². The average molecular weight is 238 g/mol. The maximum atomic E-state index is 5.68. The number of aryl methyl sites for hydroxylation is 2. The highest BCUT2D eigenvalue weighted by Crippen LogP contribution is 2.22. The van der Waals surface area contributed by atoms with Crippen molar-refractivity contribution in [3.05, 3.63) is 17.0 Å². The summed E-state index contributed by atoms with van der Waals surface area (Å²) in [4.78, 5) is 0. The Balaban J connectivity index is 1.80. The molecule has 2 unspecified atom stereocenters. The van der Waals surface area contributed by atoms with E-state index in [4.69, 9.17) is 9.26 Å². The quantitative estimate of drug-likeness (QED) is 0.854. The van der Waals surface area contributed by atoms with E-state index >= 15 is 0 Å². The molecule has 0 bridgehead atoms. The van der Waals surface area contributed by atoms with Crippen LogP contribution in [0.2, 0.25) is 0 Å². The minimum atomic E-state index is 0.437. The fourth-order valence-electron chi connectivity index (χ4n) is 2.51. The van der Waals surface area contributed by atoms with Crippen molar-refractivity contribution in [2.24, 2.45) is 5.92 Å². The first-order valence-electron chi connectivity index (χ1n) is 6.46. The molecule has 2 atom stereocenters. The predicted octanol–water partition coefficient (Wildman–Crippen LogP) is 2.20. The monoisotopic (exact) mass is 238 g/mol. The van der Waals surface area contributed by atoms with Crippen LogP contribution in [0.5, 0.6) is 0 Å². The Morgan fingerprint density at radius 2 is 2.24 bits per heavy atom. The molecule has 1 aliphatic rings. The van der Waals surface area contributed by atoms with E-state index in [9.17, 15) is 0 Å². The third-order valence-corrected chi connectivity index (χ3v) is 3.64. The lowest BCUT2D eigenvalue weighted by molar-refractivity contribution is 0.0872. The van der Waals surface area contributed by atoms with E-state index in [-0.39, 0.29) is 0 Å². The third kappa shape index (κ3) is 2.87. The first-order valence-corrected chi connectivity index (χ1v) is 6.46. The minimum absolute atomic E-state index is 0.437. The smallest absolute Gasteiger partial charge is 0.138 e. The fraction of sp³-hybridized carbons (Fsp3) is 0.769. The lowest BCUT2D eigenvalue weighted by Gasteiger charge is -2.17. The minimum Gasteiger partial charge on any atom is -0.378 e. The topological polar surface area (TPSA) is 47.3 Å². The van der Waals surface area contributed by atoms with Gasteiger partial charge in [-0.05, 0) is 32.6 Å². The second kappa shape index (κ2) is 5.65. The molecular weight excluding hydrogens is 216 g/mol.